The van der Waals surface area contributed by atoms with E-state index < -0.39 is 8.32 Å². The molecule has 0 heterocycles. The van der Waals surface area contributed by atoms with E-state index in [1.54, 1.807) is 0 Å². The van der Waals surface area contributed by atoms with Crippen molar-refractivity contribution in [3.05, 3.63) is 103 Å². The minimum absolute atomic E-state index is 0.144. The highest BCUT2D eigenvalue weighted by atomic mass is 28.4. The Morgan fingerprint density at radius 1 is 0.724 bits per heavy atom. The first-order chi connectivity index (χ1) is 14.3. The first kappa shape index (κ1) is 18.6. The van der Waals surface area contributed by atoms with Gasteiger partial charge >= 0.3 is 0 Å². The molecule has 1 N–H and O–H groups in total. The third kappa shape index (κ3) is 3.29. The molecule has 0 unspecified atom stereocenters. The highest BCUT2D eigenvalue weighted by molar-refractivity contribution is 7.07. The Bertz CT molecular complexity index is 888. The summed E-state index contributed by atoms with van der Waals surface area (Å²) < 4.78 is 7.31. The predicted octanol–water partition coefficient (Wildman–Crippen LogP) is 3.14. The van der Waals surface area contributed by atoms with Gasteiger partial charge in [-0.1, -0.05) is 103 Å². The Morgan fingerprint density at radius 3 is 1.69 bits per heavy atom. The van der Waals surface area contributed by atoms with Crippen molar-refractivity contribution >= 4 is 23.9 Å². The van der Waals surface area contributed by atoms with E-state index in [1.807, 2.05) is 0 Å². The topological polar surface area (TPSA) is 29.5 Å². The van der Waals surface area contributed by atoms with Gasteiger partial charge in [-0.15, -0.1) is 0 Å². The van der Waals surface area contributed by atoms with Crippen molar-refractivity contribution in [2.45, 2.75) is 31.5 Å². The van der Waals surface area contributed by atoms with Crippen LogP contribution in [0.4, 0.5) is 0 Å². The van der Waals surface area contributed by atoms with Gasteiger partial charge in [0.25, 0.3) is 8.32 Å². The Morgan fingerprint density at radius 2 is 1.21 bits per heavy atom. The van der Waals surface area contributed by atoms with Crippen LogP contribution in [0.15, 0.2) is 103 Å². The molecule has 0 aliphatic heterocycles. The van der Waals surface area contributed by atoms with E-state index in [0.717, 1.165) is 19.3 Å². The smallest absolute Gasteiger partial charge is 0.288 e. The standard InChI is InChI=1S/C26H26O2Si/c27-21-18-20-16-17-26(25(20)19-21)28-29(22-10-4-1-5-11-22,23-12-6-2-7-13-23)24-14-8-3-9-15-24/h1-15,18,21,25-27H,16-17,19H2/t21-,25-,26-/m0/s1. The lowest BCUT2D eigenvalue weighted by atomic mass is 10.0. The van der Waals surface area contributed by atoms with Crippen LogP contribution >= 0.6 is 0 Å². The summed E-state index contributed by atoms with van der Waals surface area (Å²) in [6.07, 6.45) is 4.75. The van der Waals surface area contributed by atoms with Crippen LogP contribution in [-0.2, 0) is 4.43 Å². The zero-order chi connectivity index (χ0) is 19.7. The lowest BCUT2D eigenvalue weighted by Gasteiger charge is -2.37. The Balaban J connectivity index is 1.67. The number of benzene rings is 3. The number of fused-ring (bicyclic) bond motifs is 1. The number of aliphatic hydroxyl groups excluding tert-OH is 1. The third-order valence-corrected chi connectivity index (χ3v) is 10.5. The minimum Gasteiger partial charge on any atom is -0.401 e. The number of aliphatic hydroxyl groups is 1. The van der Waals surface area contributed by atoms with Crippen LogP contribution in [0.5, 0.6) is 0 Å². The minimum atomic E-state index is -2.68. The van der Waals surface area contributed by atoms with E-state index in [9.17, 15) is 5.11 Å². The van der Waals surface area contributed by atoms with Gasteiger partial charge in [-0.3, -0.25) is 0 Å². The fourth-order valence-electron chi connectivity index (χ4n) is 5.11. The molecule has 2 aliphatic carbocycles. The highest BCUT2D eigenvalue weighted by Crippen LogP contribution is 2.42. The molecular formula is C26H26O2Si. The van der Waals surface area contributed by atoms with Crippen molar-refractivity contribution in [2.24, 2.45) is 5.92 Å². The van der Waals surface area contributed by atoms with Crippen LogP contribution in [-0.4, -0.2) is 25.6 Å². The van der Waals surface area contributed by atoms with Crippen molar-refractivity contribution in [1.82, 2.24) is 0 Å². The summed E-state index contributed by atoms with van der Waals surface area (Å²) in [6.45, 7) is 0. The molecule has 3 aromatic rings. The van der Waals surface area contributed by atoms with Crippen molar-refractivity contribution < 1.29 is 9.53 Å². The van der Waals surface area contributed by atoms with Crippen LogP contribution in [0.2, 0.25) is 0 Å². The zero-order valence-electron chi connectivity index (χ0n) is 16.4. The fourth-order valence-corrected chi connectivity index (χ4v) is 9.24. The molecule has 29 heavy (non-hydrogen) atoms. The molecule has 0 aromatic heterocycles. The molecule has 0 saturated heterocycles. The number of hydrogen-bond acceptors (Lipinski definition) is 2. The van der Waals surface area contributed by atoms with E-state index in [1.165, 1.54) is 21.1 Å². The molecule has 1 saturated carbocycles. The van der Waals surface area contributed by atoms with Gasteiger partial charge in [-0.05, 0) is 34.8 Å². The largest absolute Gasteiger partial charge is 0.401 e. The first-order valence-electron chi connectivity index (χ1n) is 10.5. The van der Waals surface area contributed by atoms with Crippen molar-refractivity contribution in [1.29, 1.82) is 0 Å². The predicted molar refractivity (Wildman–Crippen MR) is 120 cm³/mol. The van der Waals surface area contributed by atoms with Gasteiger partial charge in [-0.2, -0.15) is 0 Å². The molecule has 3 heteroatoms. The average Bonchev–Trinajstić information content (AvgIpc) is 3.33. The van der Waals surface area contributed by atoms with E-state index in [2.05, 4.69) is 97.1 Å². The number of rotatable bonds is 5. The zero-order valence-corrected chi connectivity index (χ0v) is 17.4. The second-order valence-electron chi connectivity index (χ2n) is 8.13. The van der Waals surface area contributed by atoms with Gasteiger partial charge in [0.05, 0.1) is 12.2 Å². The second-order valence-corrected chi connectivity index (χ2v) is 11.5. The first-order valence-corrected chi connectivity index (χ1v) is 12.4. The quantitative estimate of drug-likeness (QED) is 0.406. The summed E-state index contributed by atoms with van der Waals surface area (Å²) in [4.78, 5) is 0. The van der Waals surface area contributed by atoms with Gasteiger partial charge < -0.3 is 9.53 Å². The van der Waals surface area contributed by atoms with Crippen LogP contribution in [0.1, 0.15) is 19.3 Å². The molecule has 0 amide bonds. The third-order valence-electron chi connectivity index (χ3n) is 6.41. The van der Waals surface area contributed by atoms with E-state index >= 15 is 0 Å². The maximum absolute atomic E-state index is 10.2. The Hall–Kier alpha value is -2.46. The van der Waals surface area contributed by atoms with Crippen molar-refractivity contribution in [3.63, 3.8) is 0 Å². The molecule has 3 atom stereocenters. The van der Waals surface area contributed by atoms with Gasteiger partial charge in [0.2, 0.25) is 0 Å². The molecule has 1 fully saturated rings. The highest BCUT2D eigenvalue weighted by Gasteiger charge is 2.47. The molecule has 0 bridgehead atoms. The molecule has 146 valence electrons. The molecule has 5 rings (SSSR count). The summed E-state index contributed by atoms with van der Waals surface area (Å²) >= 11 is 0. The van der Waals surface area contributed by atoms with E-state index in [-0.39, 0.29) is 12.2 Å². The van der Waals surface area contributed by atoms with Gasteiger partial charge in [0.1, 0.15) is 0 Å². The number of hydrogen-bond donors (Lipinski definition) is 1. The van der Waals surface area contributed by atoms with Crippen LogP contribution in [0, 0.1) is 5.92 Å². The monoisotopic (exact) mass is 398 g/mol. The fraction of sp³-hybridized carbons (Fsp3) is 0.231. The Kier molecular flexibility index (Phi) is 4.96. The summed E-state index contributed by atoms with van der Waals surface area (Å²) in [5.41, 5.74) is 1.39. The van der Waals surface area contributed by atoms with Gasteiger partial charge in [0, 0.05) is 5.92 Å². The van der Waals surface area contributed by atoms with E-state index in [4.69, 9.17) is 4.43 Å². The van der Waals surface area contributed by atoms with Crippen LogP contribution in [0.3, 0.4) is 0 Å². The lowest BCUT2D eigenvalue weighted by Crippen LogP contribution is -2.70. The van der Waals surface area contributed by atoms with Gasteiger partial charge in [-0.25, -0.2) is 0 Å². The molecule has 3 aromatic carbocycles. The molecule has 0 spiro atoms. The normalized spacial score (nSPS) is 23.6. The molecule has 0 radical (unpaired) electrons. The van der Waals surface area contributed by atoms with Crippen LogP contribution in [0.25, 0.3) is 0 Å². The van der Waals surface area contributed by atoms with E-state index in [0.29, 0.717) is 5.92 Å². The second kappa shape index (κ2) is 7.75. The van der Waals surface area contributed by atoms with Gasteiger partial charge in [0.15, 0.2) is 0 Å². The summed E-state index contributed by atoms with van der Waals surface area (Å²) in [5, 5.41) is 14.0. The summed E-state index contributed by atoms with van der Waals surface area (Å²) in [6, 6.07) is 32.3. The molecular weight excluding hydrogens is 372 g/mol. The maximum atomic E-state index is 10.2. The Labute approximate surface area is 173 Å². The SMILES string of the molecule is O[C@H]1C=C2CC[C@H](O[Si](c3ccccc3)(c3ccccc3)c3ccccc3)[C@H]2C1. The molecule has 2 aliphatic rings. The maximum Gasteiger partial charge on any atom is 0.288 e. The van der Waals surface area contributed by atoms with Crippen molar-refractivity contribution in [3.8, 4) is 0 Å². The average molecular weight is 399 g/mol. The van der Waals surface area contributed by atoms with Crippen LogP contribution < -0.4 is 15.6 Å². The molecule has 2 nitrogen and oxygen atoms in total. The lowest BCUT2D eigenvalue weighted by molar-refractivity contribution is 0.135. The summed E-state index contributed by atoms with van der Waals surface area (Å²) in [7, 11) is -2.68. The summed E-state index contributed by atoms with van der Waals surface area (Å²) in [5.74, 6) is 0.341. The van der Waals surface area contributed by atoms with Crippen molar-refractivity contribution in [2.75, 3.05) is 0 Å².